The average Bonchev–Trinajstić information content (AvgIpc) is 2.19. The smallest absolute Gasteiger partial charge is 0.236 e. The zero-order valence-corrected chi connectivity index (χ0v) is 8.66. The maximum atomic E-state index is 11.1. The predicted molar refractivity (Wildman–Crippen MR) is 53.9 cm³/mol. The number of ether oxygens (including phenoxy) is 1. The van der Waals surface area contributed by atoms with E-state index in [-0.39, 0.29) is 11.9 Å². The number of nitrogens with two attached hydrogens (primary N) is 1. The van der Waals surface area contributed by atoms with Crippen molar-refractivity contribution < 1.29 is 9.53 Å². The molecule has 1 amide bonds. The zero-order valence-electron chi connectivity index (χ0n) is 8.66. The van der Waals surface area contributed by atoms with Crippen LogP contribution in [0.1, 0.15) is 6.42 Å². The average molecular weight is 201 g/mol. The molecule has 3 N–H and O–H groups in total. The van der Waals surface area contributed by atoms with Crippen LogP contribution in [0.2, 0.25) is 0 Å². The van der Waals surface area contributed by atoms with Gasteiger partial charge in [0, 0.05) is 39.9 Å². The van der Waals surface area contributed by atoms with Crippen LogP contribution in [0, 0.1) is 0 Å². The van der Waals surface area contributed by atoms with Crippen LogP contribution in [0.4, 0.5) is 0 Å². The molecule has 0 aromatic heterocycles. The Bertz CT molecular complexity index is 187. The summed E-state index contributed by atoms with van der Waals surface area (Å²) in [5.41, 5.74) is 5.31. The van der Waals surface area contributed by atoms with Crippen LogP contribution < -0.4 is 11.1 Å². The van der Waals surface area contributed by atoms with Crippen molar-refractivity contribution >= 4 is 5.91 Å². The molecule has 0 aromatic carbocycles. The van der Waals surface area contributed by atoms with Gasteiger partial charge in [-0.3, -0.25) is 9.69 Å². The van der Waals surface area contributed by atoms with Crippen molar-refractivity contribution in [1.82, 2.24) is 10.2 Å². The number of hydrogen-bond acceptors (Lipinski definition) is 4. The number of nitrogens with one attached hydrogen (secondary N) is 1. The second-order valence-corrected chi connectivity index (χ2v) is 3.50. The molecule has 5 nitrogen and oxygen atoms in total. The number of carbonyl (C=O) groups is 1. The maximum Gasteiger partial charge on any atom is 0.236 e. The summed E-state index contributed by atoms with van der Waals surface area (Å²) in [6, 6.07) is -0.152. The molecule has 82 valence electrons. The third kappa shape index (κ3) is 3.25. The monoisotopic (exact) mass is 201 g/mol. The fourth-order valence-electron chi connectivity index (χ4n) is 1.71. The van der Waals surface area contributed by atoms with Gasteiger partial charge in [-0.05, 0) is 6.42 Å². The van der Waals surface area contributed by atoms with E-state index in [9.17, 15) is 4.79 Å². The molecule has 1 fully saturated rings. The van der Waals surface area contributed by atoms with Crippen molar-refractivity contribution in [2.24, 2.45) is 5.73 Å². The van der Waals surface area contributed by atoms with Gasteiger partial charge in [-0.25, -0.2) is 0 Å². The van der Waals surface area contributed by atoms with E-state index in [2.05, 4.69) is 10.2 Å². The van der Waals surface area contributed by atoms with Crippen molar-refractivity contribution in [3.8, 4) is 0 Å². The molecule has 0 radical (unpaired) electrons. The van der Waals surface area contributed by atoms with Crippen molar-refractivity contribution in [3.05, 3.63) is 0 Å². The highest BCUT2D eigenvalue weighted by molar-refractivity contribution is 5.80. The summed E-state index contributed by atoms with van der Waals surface area (Å²) in [7, 11) is 1.68. The molecule has 0 aliphatic carbocycles. The minimum atomic E-state index is -0.241. The van der Waals surface area contributed by atoms with Crippen LogP contribution in [-0.2, 0) is 9.53 Å². The van der Waals surface area contributed by atoms with E-state index < -0.39 is 0 Å². The van der Waals surface area contributed by atoms with Gasteiger partial charge in [-0.2, -0.15) is 0 Å². The summed E-state index contributed by atoms with van der Waals surface area (Å²) in [5, 5.41) is 3.16. The fourth-order valence-corrected chi connectivity index (χ4v) is 1.71. The van der Waals surface area contributed by atoms with Crippen LogP contribution in [-0.4, -0.2) is 56.7 Å². The van der Waals surface area contributed by atoms with Gasteiger partial charge < -0.3 is 15.8 Å². The van der Waals surface area contributed by atoms with Gasteiger partial charge in [-0.1, -0.05) is 0 Å². The van der Waals surface area contributed by atoms with E-state index in [1.807, 2.05) is 0 Å². The molecule has 1 atom stereocenters. The SMILES string of the molecule is COCCCN1CCNCC1C(N)=O. The first-order valence-corrected chi connectivity index (χ1v) is 4.98. The highest BCUT2D eigenvalue weighted by Crippen LogP contribution is 2.03. The Balaban J connectivity index is 2.34. The molecule has 0 saturated carbocycles. The fraction of sp³-hybridized carbons (Fsp3) is 0.889. The van der Waals surface area contributed by atoms with E-state index >= 15 is 0 Å². The molecule has 1 aliphatic rings. The Labute approximate surface area is 84.6 Å². The third-order valence-corrected chi connectivity index (χ3v) is 2.48. The van der Waals surface area contributed by atoms with Gasteiger partial charge in [0.1, 0.15) is 6.04 Å². The Morgan fingerprint density at radius 2 is 2.50 bits per heavy atom. The largest absolute Gasteiger partial charge is 0.385 e. The standard InChI is InChI=1S/C9H19N3O2/c1-14-6-2-4-12-5-3-11-7-8(12)9(10)13/h8,11H,2-7H2,1H3,(H2,10,13). The third-order valence-electron chi connectivity index (χ3n) is 2.48. The second-order valence-electron chi connectivity index (χ2n) is 3.50. The molecule has 1 saturated heterocycles. The maximum absolute atomic E-state index is 11.1. The molecule has 1 rings (SSSR count). The van der Waals surface area contributed by atoms with Crippen LogP contribution >= 0.6 is 0 Å². The summed E-state index contributed by atoms with van der Waals surface area (Å²) < 4.78 is 4.97. The lowest BCUT2D eigenvalue weighted by Crippen LogP contribution is -2.57. The van der Waals surface area contributed by atoms with E-state index in [1.165, 1.54) is 0 Å². The zero-order chi connectivity index (χ0) is 10.4. The van der Waals surface area contributed by atoms with E-state index in [1.54, 1.807) is 7.11 Å². The summed E-state index contributed by atoms with van der Waals surface area (Å²) in [6.07, 6.45) is 0.945. The summed E-state index contributed by atoms with van der Waals surface area (Å²) in [5.74, 6) is -0.241. The van der Waals surface area contributed by atoms with Crippen molar-refractivity contribution in [1.29, 1.82) is 0 Å². The van der Waals surface area contributed by atoms with Gasteiger partial charge in [0.15, 0.2) is 0 Å². The lowest BCUT2D eigenvalue weighted by atomic mass is 10.1. The van der Waals surface area contributed by atoms with Gasteiger partial charge in [0.2, 0.25) is 5.91 Å². The number of carbonyl (C=O) groups excluding carboxylic acids is 1. The van der Waals surface area contributed by atoms with Gasteiger partial charge in [0.05, 0.1) is 0 Å². The van der Waals surface area contributed by atoms with Crippen LogP contribution in [0.25, 0.3) is 0 Å². The molecule has 1 aliphatic heterocycles. The summed E-state index contributed by atoms with van der Waals surface area (Å²) in [6.45, 7) is 4.09. The number of hydrogen-bond donors (Lipinski definition) is 2. The predicted octanol–water partition coefficient (Wildman–Crippen LogP) is -1.22. The normalized spacial score (nSPS) is 23.6. The highest BCUT2D eigenvalue weighted by atomic mass is 16.5. The molecule has 1 heterocycles. The number of rotatable bonds is 5. The number of primary amides is 1. The minimum Gasteiger partial charge on any atom is -0.385 e. The number of nitrogens with zero attached hydrogens (tertiary/aromatic N) is 1. The molecule has 14 heavy (non-hydrogen) atoms. The Morgan fingerprint density at radius 1 is 1.71 bits per heavy atom. The number of amides is 1. The molecule has 1 unspecified atom stereocenters. The molecular weight excluding hydrogens is 182 g/mol. The van der Waals surface area contributed by atoms with Crippen LogP contribution in [0.5, 0.6) is 0 Å². The molecule has 0 bridgehead atoms. The summed E-state index contributed by atoms with van der Waals surface area (Å²) in [4.78, 5) is 13.2. The first-order chi connectivity index (χ1) is 6.75. The van der Waals surface area contributed by atoms with Crippen molar-refractivity contribution in [2.45, 2.75) is 12.5 Å². The second kappa shape index (κ2) is 5.95. The lowest BCUT2D eigenvalue weighted by molar-refractivity contribution is -0.123. The van der Waals surface area contributed by atoms with Gasteiger partial charge in [0.25, 0.3) is 0 Å². The topological polar surface area (TPSA) is 67.6 Å². The van der Waals surface area contributed by atoms with Crippen LogP contribution in [0.15, 0.2) is 0 Å². The summed E-state index contributed by atoms with van der Waals surface area (Å²) >= 11 is 0. The highest BCUT2D eigenvalue weighted by Gasteiger charge is 2.25. The molecule has 5 heteroatoms. The quantitative estimate of drug-likeness (QED) is 0.547. The Kier molecular flexibility index (Phi) is 4.86. The number of piperazine rings is 1. The van der Waals surface area contributed by atoms with Gasteiger partial charge in [-0.15, -0.1) is 0 Å². The van der Waals surface area contributed by atoms with Crippen LogP contribution in [0.3, 0.4) is 0 Å². The minimum absolute atomic E-state index is 0.152. The van der Waals surface area contributed by atoms with E-state index in [0.29, 0.717) is 6.54 Å². The lowest BCUT2D eigenvalue weighted by Gasteiger charge is -2.33. The molecular formula is C9H19N3O2. The Hall–Kier alpha value is -0.650. The molecule has 0 aromatic rings. The first kappa shape index (κ1) is 11.4. The van der Waals surface area contributed by atoms with Gasteiger partial charge >= 0.3 is 0 Å². The van der Waals surface area contributed by atoms with Crippen molar-refractivity contribution in [3.63, 3.8) is 0 Å². The Morgan fingerprint density at radius 3 is 3.14 bits per heavy atom. The number of methoxy groups -OCH3 is 1. The molecule has 0 spiro atoms. The van der Waals surface area contributed by atoms with Crippen molar-refractivity contribution in [2.75, 3.05) is 39.9 Å². The van der Waals surface area contributed by atoms with E-state index in [4.69, 9.17) is 10.5 Å². The first-order valence-electron chi connectivity index (χ1n) is 4.98. The van der Waals surface area contributed by atoms with E-state index in [0.717, 1.165) is 32.7 Å².